The summed E-state index contributed by atoms with van der Waals surface area (Å²) in [4.78, 5) is 0. The molecule has 0 aliphatic heterocycles. The Balaban J connectivity index is 3.00. The molecule has 0 bridgehead atoms. The second-order valence-electron chi connectivity index (χ2n) is 3.98. The monoisotopic (exact) mass is 167 g/mol. The van der Waals surface area contributed by atoms with Gasteiger partial charge in [-0.3, -0.25) is 0 Å². The Morgan fingerprint density at radius 1 is 1.25 bits per heavy atom. The average Bonchev–Trinajstić information content (AvgIpc) is 2.30. The molecular formula is C10H19N2+. The maximum Gasteiger partial charge on any atom is 0.243 e. The van der Waals surface area contributed by atoms with Crippen molar-refractivity contribution in [2.24, 2.45) is 7.05 Å². The van der Waals surface area contributed by atoms with Crippen molar-refractivity contribution in [3.63, 3.8) is 0 Å². The van der Waals surface area contributed by atoms with Gasteiger partial charge in [0.05, 0.1) is 13.1 Å². The zero-order chi connectivity index (χ0) is 9.30. The highest BCUT2D eigenvalue weighted by molar-refractivity contribution is 4.98. The van der Waals surface area contributed by atoms with Crippen molar-refractivity contribution in [2.45, 2.75) is 39.7 Å². The molecule has 1 rings (SSSR count). The highest BCUT2D eigenvalue weighted by atomic mass is 15.1. The lowest BCUT2D eigenvalue weighted by Crippen LogP contribution is -2.33. The molecule has 2 heteroatoms. The van der Waals surface area contributed by atoms with Crippen molar-refractivity contribution in [1.29, 1.82) is 0 Å². The minimum atomic E-state index is 0.559. The van der Waals surface area contributed by atoms with Crippen LogP contribution in [0.25, 0.3) is 0 Å². The topological polar surface area (TPSA) is 8.81 Å². The van der Waals surface area contributed by atoms with Crippen LogP contribution in [-0.4, -0.2) is 4.57 Å². The normalized spacial score (nSPS) is 11.6. The first-order valence-corrected chi connectivity index (χ1v) is 4.59. The number of aryl methyl sites for hydroxylation is 1. The molecule has 12 heavy (non-hydrogen) atoms. The zero-order valence-corrected chi connectivity index (χ0v) is 8.70. The summed E-state index contributed by atoms with van der Waals surface area (Å²) in [6.07, 6.45) is 4.38. The molecule has 0 saturated heterocycles. The Kier molecular flexibility index (Phi) is 2.55. The number of hydrogen-bond acceptors (Lipinski definition) is 0. The second kappa shape index (κ2) is 3.30. The fraction of sp³-hybridized carbons (Fsp3) is 0.700. The van der Waals surface area contributed by atoms with Gasteiger partial charge in [-0.25, -0.2) is 9.13 Å². The van der Waals surface area contributed by atoms with Gasteiger partial charge >= 0.3 is 0 Å². The second-order valence-corrected chi connectivity index (χ2v) is 3.98. The van der Waals surface area contributed by atoms with Gasteiger partial charge in [-0.1, -0.05) is 13.8 Å². The van der Waals surface area contributed by atoms with Crippen LogP contribution in [0.4, 0.5) is 0 Å². The van der Waals surface area contributed by atoms with E-state index in [-0.39, 0.29) is 0 Å². The van der Waals surface area contributed by atoms with E-state index >= 15 is 0 Å². The molecule has 0 saturated carbocycles. The maximum atomic E-state index is 2.25. The lowest BCUT2D eigenvalue weighted by molar-refractivity contribution is -0.715. The fourth-order valence-corrected chi connectivity index (χ4v) is 1.38. The van der Waals surface area contributed by atoms with Crippen molar-refractivity contribution in [3.8, 4) is 0 Å². The van der Waals surface area contributed by atoms with Crippen molar-refractivity contribution in [1.82, 2.24) is 4.57 Å². The number of aromatic nitrogens is 2. The van der Waals surface area contributed by atoms with E-state index < -0.39 is 0 Å². The molecule has 0 spiro atoms. The lowest BCUT2D eigenvalue weighted by atomic mass is 10.1. The van der Waals surface area contributed by atoms with E-state index in [9.17, 15) is 0 Å². The maximum absolute atomic E-state index is 2.25. The molecule has 0 unspecified atom stereocenters. The number of hydrogen-bond donors (Lipinski definition) is 0. The molecule has 0 aliphatic carbocycles. The molecule has 1 aromatic heterocycles. The molecule has 0 radical (unpaired) electrons. The third kappa shape index (κ3) is 1.68. The molecule has 0 N–H and O–H groups in total. The number of rotatable bonds is 2. The summed E-state index contributed by atoms with van der Waals surface area (Å²) in [5, 5.41) is 0. The predicted molar refractivity (Wildman–Crippen MR) is 50.1 cm³/mol. The van der Waals surface area contributed by atoms with Gasteiger partial charge in [0.1, 0.15) is 11.9 Å². The van der Waals surface area contributed by atoms with E-state index in [4.69, 9.17) is 0 Å². The highest BCUT2D eigenvalue weighted by Gasteiger charge is 2.14. The van der Waals surface area contributed by atoms with E-state index in [1.54, 1.807) is 0 Å². The van der Waals surface area contributed by atoms with E-state index in [1.807, 2.05) is 0 Å². The van der Waals surface area contributed by atoms with Gasteiger partial charge in [0.15, 0.2) is 0 Å². The first-order chi connectivity index (χ1) is 5.52. The number of nitrogens with zero attached hydrogens (tertiary/aromatic N) is 2. The quantitative estimate of drug-likeness (QED) is 0.596. The van der Waals surface area contributed by atoms with E-state index in [2.05, 4.69) is 56.4 Å². The molecule has 0 amide bonds. The minimum absolute atomic E-state index is 0.559. The van der Waals surface area contributed by atoms with Gasteiger partial charge in [0.25, 0.3) is 0 Å². The Bertz CT molecular complexity index is 259. The van der Waals surface area contributed by atoms with Gasteiger partial charge < -0.3 is 0 Å². The van der Waals surface area contributed by atoms with E-state index in [0.717, 1.165) is 0 Å². The Hall–Kier alpha value is -0.790. The van der Waals surface area contributed by atoms with E-state index in [0.29, 0.717) is 12.0 Å². The Morgan fingerprint density at radius 3 is 2.08 bits per heavy atom. The SMILES string of the molecule is CC(C)c1c[n+](C(C)C)cn1C. The summed E-state index contributed by atoms with van der Waals surface area (Å²) >= 11 is 0. The van der Waals surface area contributed by atoms with Gasteiger partial charge in [0.2, 0.25) is 6.33 Å². The molecule has 1 aromatic rings. The number of imidazole rings is 1. The summed E-state index contributed by atoms with van der Waals surface area (Å²) in [7, 11) is 2.11. The zero-order valence-electron chi connectivity index (χ0n) is 8.70. The minimum Gasteiger partial charge on any atom is -0.237 e. The highest BCUT2D eigenvalue weighted by Crippen LogP contribution is 2.11. The largest absolute Gasteiger partial charge is 0.243 e. The summed E-state index contributed by atoms with van der Waals surface area (Å²) in [5.74, 6) is 0.606. The van der Waals surface area contributed by atoms with Crippen LogP contribution in [-0.2, 0) is 7.05 Å². The molecule has 1 heterocycles. The van der Waals surface area contributed by atoms with Gasteiger partial charge in [0, 0.05) is 5.92 Å². The van der Waals surface area contributed by atoms with Crippen LogP contribution in [0.2, 0.25) is 0 Å². The van der Waals surface area contributed by atoms with Gasteiger partial charge in [-0.15, -0.1) is 0 Å². The van der Waals surface area contributed by atoms with Crippen LogP contribution >= 0.6 is 0 Å². The molecule has 0 aromatic carbocycles. The summed E-state index contributed by atoms with van der Waals surface area (Å²) in [6.45, 7) is 8.84. The van der Waals surface area contributed by atoms with Crippen molar-refractivity contribution in [2.75, 3.05) is 0 Å². The van der Waals surface area contributed by atoms with Crippen LogP contribution in [0, 0.1) is 0 Å². The summed E-state index contributed by atoms with van der Waals surface area (Å²) in [6, 6.07) is 0.559. The van der Waals surface area contributed by atoms with Crippen molar-refractivity contribution in [3.05, 3.63) is 18.2 Å². The smallest absolute Gasteiger partial charge is 0.237 e. The summed E-state index contributed by atoms with van der Waals surface area (Å²) < 4.78 is 4.44. The fourth-order valence-electron chi connectivity index (χ4n) is 1.38. The molecular weight excluding hydrogens is 148 g/mol. The van der Waals surface area contributed by atoms with Crippen molar-refractivity contribution >= 4 is 0 Å². The Labute approximate surface area is 74.8 Å². The third-order valence-corrected chi connectivity index (χ3v) is 2.18. The van der Waals surface area contributed by atoms with Crippen LogP contribution < -0.4 is 4.57 Å². The molecule has 0 aliphatic rings. The van der Waals surface area contributed by atoms with Crippen LogP contribution in [0.5, 0.6) is 0 Å². The molecule has 68 valence electrons. The first-order valence-electron chi connectivity index (χ1n) is 4.59. The van der Waals surface area contributed by atoms with E-state index in [1.165, 1.54) is 5.69 Å². The summed E-state index contributed by atoms with van der Waals surface area (Å²) in [5.41, 5.74) is 1.39. The van der Waals surface area contributed by atoms with Crippen LogP contribution in [0.3, 0.4) is 0 Å². The van der Waals surface area contributed by atoms with Crippen molar-refractivity contribution < 1.29 is 4.57 Å². The van der Waals surface area contributed by atoms with Gasteiger partial charge in [-0.2, -0.15) is 0 Å². The standard InChI is InChI=1S/C10H19N2/c1-8(2)10-6-12(9(3)4)7-11(10)5/h6-9H,1-5H3/q+1. The predicted octanol–water partition coefficient (Wildman–Crippen LogP) is 2.02. The van der Waals surface area contributed by atoms with Crippen LogP contribution in [0.1, 0.15) is 45.3 Å². The third-order valence-electron chi connectivity index (χ3n) is 2.18. The first kappa shape index (κ1) is 9.30. The lowest BCUT2D eigenvalue weighted by Gasteiger charge is -1.97. The Morgan fingerprint density at radius 2 is 1.83 bits per heavy atom. The molecule has 0 atom stereocenters. The average molecular weight is 167 g/mol. The molecule has 0 fully saturated rings. The molecule has 2 nitrogen and oxygen atoms in total. The van der Waals surface area contributed by atoms with Crippen LogP contribution in [0.15, 0.2) is 12.5 Å². The van der Waals surface area contributed by atoms with Gasteiger partial charge in [-0.05, 0) is 13.8 Å².